The highest BCUT2D eigenvalue weighted by molar-refractivity contribution is 5.78. The predicted molar refractivity (Wildman–Crippen MR) is 291 cm³/mol. The fourth-order valence-corrected chi connectivity index (χ4v) is 7.56. The van der Waals surface area contributed by atoms with Crippen molar-refractivity contribution in [1.82, 2.24) is 5.32 Å². The molecule has 0 spiro atoms. The maximum Gasteiger partial charge on any atom is 0.306 e. The lowest BCUT2D eigenvalue weighted by Gasteiger charge is -2.23. The number of amides is 1. The van der Waals surface area contributed by atoms with Crippen LogP contribution in [0.15, 0.2) is 122 Å². The molecule has 0 bridgehead atoms. The lowest BCUT2D eigenvalue weighted by Crippen LogP contribution is -2.46. The average molecular weight is 928 g/mol. The highest BCUT2D eigenvalue weighted by Crippen LogP contribution is 2.16. The van der Waals surface area contributed by atoms with Gasteiger partial charge in [-0.1, -0.05) is 258 Å². The van der Waals surface area contributed by atoms with Crippen molar-refractivity contribution in [2.75, 3.05) is 6.61 Å². The Labute approximate surface area is 412 Å². The molecule has 3 unspecified atom stereocenters. The molecule has 0 aromatic heterocycles. The SMILES string of the molecule is CC/C=C\C/C=C\C/C=C\C/C=C\C/C=C\C/C=C\C(CC(=O)NC(CO)C(O)CCCCCCCCCCCCCCCCCC)OC(=O)CCCCCCC\C=C/C=C/C=C/C=C/CC. The van der Waals surface area contributed by atoms with E-state index in [1.54, 1.807) is 6.08 Å². The van der Waals surface area contributed by atoms with Crippen molar-refractivity contribution in [1.29, 1.82) is 0 Å². The summed E-state index contributed by atoms with van der Waals surface area (Å²) in [6, 6.07) is -0.757. The van der Waals surface area contributed by atoms with Crippen LogP contribution in [0, 0.1) is 0 Å². The molecule has 0 heterocycles. The summed E-state index contributed by atoms with van der Waals surface area (Å²) >= 11 is 0. The van der Waals surface area contributed by atoms with Gasteiger partial charge in [0.15, 0.2) is 0 Å². The molecule has 3 atom stereocenters. The number of esters is 1. The number of hydrogen-bond donors (Lipinski definition) is 3. The molecule has 0 aromatic carbocycles. The molecule has 1 amide bonds. The molecule has 0 aromatic rings. The molecule has 0 radical (unpaired) electrons. The number of carbonyl (C=O) groups is 2. The van der Waals surface area contributed by atoms with Crippen LogP contribution in [-0.2, 0) is 14.3 Å². The van der Waals surface area contributed by atoms with Gasteiger partial charge in [-0.3, -0.25) is 9.59 Å². The van der Waals surface area contributed by atoms with E-state index in [1.165, 1.54) is 83.5 Å². The Bertz CT molecular complexity index is 1410. The third kappa shape index (κ3) is 48.5. The van der Waals surface area contributed by atoms with Gasteiger partial charge >= 0.3 is 5.97 Å². The van der Waals surface area contributed by atoms with Crippen LogP contribution in [0.5, 0.6) is 0 Å². The zero-order chi connectivity index (χ0) is 48.8. The summed E-state index contributed by atoms with van der Waals surface area (Å²) < 4.78 is 5.82. The normalized spacial score (nSPS) is 14.2. The van der Waals surface area contributed by atoms with Crippen molar-refractivity contribution in [3.05, 3.63) is 122 Å². The summed E-state index contributed by atoms with van der Waals surface area (Å²) in [7, 11) is 0. The molecule has 0 aliphatic heterocycles. The van der Waals surface area contributed by atoms with Crippen LogP contribution in [0.4, 0.5) is 0 Å². The standard InChI is InChI=1S/C61H101NO5/c1-4-7-10-13-16-19-22-25-28-30-32-34-37-40-43-46-49-52-57(67-61(66)54-51-48-45-42-39-36-31-27-24-21-18-15-12-9-6-3)55-60(65)62-58(56-63)59(64)53-50-47-44-41-38-35-33-29-26-23-20-17-14-11-8-5-2/h7,9-10,12,15-16,18-19,21,24-25,27-28,31-32,34,40,43,49,52,57-59,63-64H,4-6,8,11,13-14,17,20,22-23,26,29-30,33,35-39,41-42,44-48,50-51,53-56H2,1-3H3,(H,62,65)/b10-7-,12-9+,18-15+,19-16-,24-21+,28-25-,31-27-,34-32-,43-40-,52-49-. The highest BCUT2D eigenvalue weighted by Gasteiger charge is 2.23. The molecule has 67 heavy (non-hydrogen) atoms. The molecule has 380 valence electrons. The van der Waals surface area contributed by atoms with Crippen LogP contribution in [0.3, 0.4) is 0 Å². The smallest absolute Gasteiger partial charge is 0.306 e. The maximum atomic E-state index is 13.2. The molecular weight excluding hydrogens is 827 g/mol. The van der Waals surface area contributed by atoms with Crippen molar-refractivity contribution in [3.63, 3.8) is 0 Å². The largest absolute Gasteiger partial charge is 0.458 e. The number of carbonyl (C=O) groups excluding carboxylic acids is 2. The Hall–Kier alpha value is -3.74. The number of unbranched alkanes of at least 4 members (excludes halogenated alkanes) is 20. The van der Waals surface area contributed by atoms with Crippen LogP contribution in [-0.4, -0.2) is 46.9 Å². The topological polar surface area (TPSA) is 95.9 Å². The minimum Gasteiger partial charge on any atom is -0.458 e. The average Bonchev–Trinajstić information content (AvgIpc) is 3.32. The number of hydrogen-bond acceptors (Lipinski definition) is 5. The van der Waals surface area contributed by atoms with Gasteiger partial charge in [0.05, 0.1) is 25.2 Å². The van der Waals surface area contributed by atoms with E-state index in [-0.39, 0.29) is 24.9 Å². The molecule has 0 fully saturated rings. The quantitative estimate of drug-likeness (QED) is 0.0245. The van der Waals surface area contributed by atoms with Crippen molar-refractivity contribution < 1.29 is 24.5 Å². The number of nitrogens with one attached hydrogen (secondary N) is 1. The summed E-state index contributed by atoms with van der Waals surface area (Å²) in [5.41, 5.74) is 0. The monoisotopic (exact) mass is 928 g/mol. The Morgan fingerprint density at radius 2 is 0.896 bits per heavy atom. The van der Waals surface area contributed by atoms with Gasteiger partial charge in [-0.25, -0.2) is 0 Å². The lowest BCUT2D eigenvalue weighted by atomic mass is 10.0. The lowest BCUT2D eigenvalue weighted by molar-refractivity contribution is -0.148. The van der Waals surface area contributed by atoms with E-state index in [1.807, 2.05) is 24.3 Å². The van der Waals surface area contributed by atoms with E-state index in [0.717, 1.165) is 96.3 Å². The fraction of sp³-hybridized carbons (Fsp3) is 0.639. The van der Waals surface area contributed by atoms with Crippen LogP contribution < -0.4 is 5.32 Å². The van der Waals surface area contributed by atoms with E-state index in [0.29, 0.717) is 19.3 Å². The van der Waals surface area contributed by atoms with Gasteiger partial charge in [0.1, 0.15) is 6.10 Å². The number of allylic oxidation sites excluding steroid dienone is 19. The van der Waals surface area contributed by atoms with Gasteiger partial charge < -0.3 is 20.3 Å². The van der Waals surface area contributed by atoms with Crippen molar-refractivity contribution in [2.45, 2.75) is 244 Å². The Morgan fingerprint density at radius 3 is 1.39 bits per heavy atom. The zero-order valence-electron chi connectivity index (χ0n) is 43.2. The van der Waals surface area contributed by atoms with E-state index in [9.17, 15) is 19.8 Å². The number of ether oxygens (including phenoxy) is 1. The first-order valence-electron chi connectivity index (χ1n) is 27.3. The molecule has 6 nitrogen and oxygen atoms in total. The van der Waals surface area contributed by atoms with E-state index < -0.39 is 18.2 Å². The summed E-state index contributed by atoms with van der Waals surface area (Å²) in [4.78, 5) is 26.2. The number of rotatable bonds is 47. The summed E-state index contributed by atoms with van der Waals surface area (Å²) in [6.45, 7) is 6.19. The van der Waals surface area contributed by atoms with E-state index in [4.69, 9.17) is 4.74 Å². The van der Waals surface area contributed by atoms with Crippen molar-refractivity contribution >= 4 is 11.9 Å². The first-order valence-corrected chi connectivity index (χ1v) is 27.3. The van der Waals surface area contributed by atoms with Crippen molar-refractivity contribution in [3.8, 4) is 0 Å². The van der Waals surface area contributed by atoms with Gasteiger partial charge in [0.25, 0.3) is 0 Å². The second-order valence-corrected chi connectivity index (χ2v) is 18.0. The van der Waals surface area contributed by atoms with Crippen molar-refractivity contribution in [2.24, 2.45) is 0 Å². The van der Waals surface area contributed by atoms with Crippen LogP contribution in [0.2, 0.25) is 0 Å². The molecule has 0 saturated heterocycles. The zero-order valence-corrected chi connectivity index (χ0v) is 43.2. The maximum absolute atomic E-state index is 13.2. The van der Waals surface area contributed by atoms with E-state index >= 15 is 0 Å². The highest BCUT2D eigenvalue weighted by atomic mass is 16.5. The van der Waals surface area contributed by atoms with Gasteiger partial charge in [0, 0.05) is 6.42 Å². The first-order chi connectivity index (χ1) is 33.0. The summed E-state index contributed by atoms with van der Waals surface area (Å²) in [5.74, 6) is -0.666. The van der Waals surface area contributed by atoms with Gasteiger partial charge in [-0.2, -0.15) is 0 Å². The van der Waals surface area contributed by atoms with Gasteiger partial charge in [-0.05, 0) is 76.7 Å². The van der Waals surface area contributed by atoms with Crippen LogP contribution in [0.25, 0.3) is 0 Å². The molecule has 3 N–H and O–H groups in total. The molecule has 6 heteroatoms. The van der Waals surface area contributed by atoms with Gasteiger partial charge in [-0.15, -0.1) is 0 Å². The second kappa shape index (κ2) is 53.2. The minimum absolute atomic E-state index is 0.0644. The first kappa shape index (κ1) is 63.3. The third-order valence-electron chi connectivity index (χ3n) is 11.6. The fourth-order valence-electron chi connectivity index (χ4n) is 7.56. The molecule has 0 aliphatic rings. The van der Waals surface area contributed by atoms with E-state index in [2.05, 4.69) is 117 Å². The van der Waals surface area contributed by atoms with Crippen LogP contribution in [0.1, 0.15) is 226 Å². The molecule has 0 rings (SSSR count). The number of aliphatic hydroxyl groups is 2. The number of aliphatic hydroxyl groups excluding tert-OH is 2. The summed E-state index contributed by atoms with van der Waals surface area (Å²) in [6.07, 6.45) is 74.3. The van der Waals surface area contributed by atoms with Crippen LogP contribution >= 0.6 is 0 Å². The second-order valence-electron chi connectivity index (χ2n) is 18.0. The Morgan fingerprint density at radius 1 is 0.478 bits per heavy atom. The molecule has 0 aliphatic carbocycles. The minimum atomic E-state index is -0.833. The summed E-state index contributed by atoms with van der Waals surface area (Å²) in [5, 5.41) is 23.8. The third-order valence-corrected chi connectivity index (χ3v) is 11.6. The molecular formula is C61H101NO5. The Kier molecular flexibility index (Phi) is 50.2. The predicted octanol–water partition coefficient (Wildman–Crippen LogP) is 16.8. The Balaban J connectivity index is 4.79. The molecule has 0 saturated carbocycles. The van der Waals surface area contributed by atoms with Gasteiger partial charge in [0.2, 0.25) is 5.91 Å².